The van der Waals surface area contributed by atoms with Gasteiger partial charge in [0, 0.05) is 18.6 Å². The van der Waals surface area contributed by atoms with Crippen molar-refractivity contribution < 1.29 is 14.2 Å². The largest absolute Gasteiger partial charge is 0.490 e. The van der Waals surface area contributed by atoms with Crippen LogP contribution >= 0.6 is 0 Å². The molecule has 0 amide bonds. The maximum atomic E-state index is 5.63. The topological polar surface area (TPSA) is 78.6 Å². The number of rotatable bonds is 7. The summed E-state index contributed by atoms with van der Waals surface area (Å²) in [6, 6.07) is 5.62. The minimum Gasteiger partial charge on any atom is -0.490 e. The first kappa shape index (κ1) is 15.3. The van der Waals surface area contributed by atoms with Gasteiger partial charge in [0.15, 0.2) is 11.5 Å². The molecule has 0 unspecified atom stereocenters. The quantitative estimate of drug-likeness (QED) is 0.602. The number of nitrogens with one attached hydrogen (secondary N) is 1. The molecule has 0 aliphatic heterocycles. The monoisotopic (exact) mass is 291 g/mol. The van der Waals surface area contributed by atoms with E-state index in [1.54, 1.807) is 7.11 Å². The van der Waals surface area contributed by atoms with Crippen LogP contribution in [0.3, 0.4) is 0 Å². The van der Waals surface area contributed by atoms with Crippen LogP contribution in [0.5, 0.6) is 11.5 Å². The molecule has 6 nitrogen and oxygen atoms in total. The van der Waals surface area contributed by atoms with Gasteiger partial charge in [-0.1, -0.05) is 0 Å². The molecular weight excluding hydrogens is 270 g/mol. The Labute approximate surface area is 124 Å². The summed E-state index contributed by atoms with van der Waals surface area (Å²) in [5.41, 5.74) is 5.05. The zero-order chi connectivity index (χ0) is 15.2. The van der Waals surface area contributed by atoms with E-state index in [4.69, 9.17) is 20.1 Å². The van der Waals surface area contributed by atoms with Crippen LogP contribution in [-0.4, -0.2) is 25.3 Å². The van der Waals surface area contributed by atoms with Crippen LogP contribution in [0.4, 0.5) is 5.69 Å². The minimum absolute atomic E-state index is 0.418. The van der Waals surface area contributed by atoms with Crippen molar-refractivity contribution in [2.24, 2.45) is 5.84 Å². The SMILES string of the molecule is CCOc1cc2nc(COC)cc(NN)c2cc1OCC. The smallest absolute Gasteiger partial charge is 0.163 e. The molecule has 1 aromatic carbocycles. The molecule has 1 aromatic heterocycles. The van der Waals surface area contributed by atoms with E-state index >= 15 is 0 Å². The van der Waals surface area contributed by atoms with Gasteiger partial charge >= 0.3 is 0 Å². The zero-order valence-electron chi connectivity index (χ0n) is 12.6. The molecule has 0 radical (unpaired) electrons. The van der Waals surface area contributed by atoms with Crippen LogP contribution in [0, 0.1) is 0 Å². The third kappa shape index (κ3) is 3.34. The summed E-state index contributed by atoms with van der Waals surface area (Å²) in [6.07, 6.45) is 0. The fourth-order valence-corrected chi connectivity index (χ4v) is 2.17. The lowest BCUT2D eigenvalue weighted by Gasteiger charge is -2.14. The predicted octanol–water partition coefficient (Wildman–Crippen LogP) is 2.46. The average molecular weight is 291 g/mol. The lowest BCUT2D eigenvalue weighted by atomic mass is 10.1. The van der Waals surface area contributed by atoms with E-state index in [1.807, 2.05) is 32.0 Å². The summed E-state index contributed by atoms with van der Waals surface area (Å²) in [7, 11) is 1.63. The van der Waals surface area contributed by atoms with Crippen molar-refractivity contribution in [3.8, 4) is 11.5 Å². The standard InChI is InChI=1S/C15H21N3O3/c1-4-20-14-7-11-12(8-15(14)21-5-2)17-10(9-19-3)6-13(11)18-16/h6-8H,4-5,9,16H2,1-3H3,(H,17,18). The number of hydrogen-bond donors (Lipinski definition) is 2. The van der Waals surface area contributed by atoms with Crippen LogP contribution in [0.1, 0.15) is 19.5 Å². The van der Waals surface area contributed by atoms with Crippen LogP contribution in [0.15, 0.2) is 18.2 Å². The Balaban J connectivity index is 2.61. The summed E-state index contributed by atoms with van der Waals surface area (Å²) in [5, 5.41) is 0.879. The van der Waals surface area contributed by atoms with Crippen molar-refractivity contribution in [3.05, 3.63) is 23.9 Å². The van der Waals surface area contributed by atoms with E-state index < -0.39 is 0 Å². The maximum Gasteiger partial charge on any atom is 0.163 e. The Bertz CT molecular complexity index is 617. The van der Waals surface area contributed by atoms with Gasteiger partial charge < -0.3 is 19.6 Å². The highest BCUT2D eigenvalue weighted by atomic mass is 16.5. The van der Waals surface area contributed by atoms with E-state index in [2.05, 4.69) is 10.4 Å². The summed E-state index contributed by atoms with van der Waals surface area (Å²) in [4.78, 5) is 4.56. The summed E-state index contributed by atoms with van der Waals surface area (Å²) < 4.78 is 16.4. The van der Waals surface area contributed by atoms with E-state index in [9.17, 15) is 0 Å². The molecule has 0 fully saturated rings. The van der Waals surface area contributed by atoms with Gasteiger partial charge in [0.1, 0.15) is 0 Å². The number of methoxy groups -OCH3 is 1. The molecule has 21 heavy (non-hydrogen) atoms. The van der Waals surface area contributed by atoms with E-state index in [-0.39, 0.29) is 0 Å². The minimum atomic E-state index is 0.418. The molecule has 0 saturated carbocycles. The Morgan fingerprint density at radius 3 is 2.33 bits per heavy atom. The van der Waals surface area contributed by atoms with Crippen molar-refractivity contribution in [2.45, 2.75) is 20.5 Å². The molecule has 0 atom stereocenters. The number of aromatic nitrogens is 1. The van der Waals surface area contributed by atoms with Gasteiger partial charge in [-0.3, -0.25) is 10.8 Å². The highest BCUT2D eigenvalue weighted by Crippen LogP contribution is 2.35. The van der Waals surface area contributed by atoms with E-state index in [0.29, 0.717) is 31.3 Å². The zero-order valence-corrected chi connectivity index (χ0v) is 12.6. The Kier molecular flexibility index (Phi) is 5.19. The van der Waals surface area contributed by atoms with Crippen molar-refractivity contribution in [1.82, 2.24) is 4.98 Å². The van der Waals surface area contributed by atoms with E-state index in [1.165, 1.54) is 0 Å². The fraction of sp³-hybridized carbons (Fsp3) is 0.400. The highest BCUT2D eigenvalue weighted by Gasteiger charge is 2.12. The van der Waals surface area contributed by atoms with Crippen LogP contribution < -0.4 is 20.7 Å². The summed E-state index contributed by atoms with van der Waals surface area (Å²) >= 11 is 0. The van der Waals surface area contributed by atoms with Crippen molar-refractivity contribution >= 4 is 16.6 Å². The normalized spacial score (nSPS) is 10.7. The van der Waals surface area contributed by atoms with Crippen LogP contribution in [-0.2, 0) is 11.3 Å². The third-order valence-corrected chi connectivity index (χ3v) is 2.97. The second kappa shape index (κ2) is 7.10. The van der Waals surface area contributed by atoms with Gasteiger partial charge in [0.2, 0.25) is 0 Å². The molecule has 0 aliphatic rings. The number of benzene rings is 1. The molecule has 0 spiro atoms. The number of anilines is 1. The number of fused-ring (bicyclic) bond motifs is 1. The lowest BCUT2D eigenvalue weighted by molar-refractivity contribution is 0.182. The molecule has 6 heteroatoms. The van der Waals surface area contributed by atoms with Gasteiger partial charge in [0.05, 0.1) is 36.7 Å². The average Bonchev–Trinajstić information content (AvgIpc) is 2.48. The van der Waals surface area contributed by atoms with Gasteiger partial charge in [-0.25, -0.2) is 0 Å². The lowest BCUT2D eigenvalue weighted by Crippen LogP contribution is -2.09. The highest BCUT2D eigenvalue weighted by molar-refractivity contribution is 5.93. The second-order valence-electron chi connectivity index (χ2n) is 4.42. The van der Waals surface area contributed by atoms with Gasteiger partial charge in [-0.05, 0) is 26.0 Å². The third-order valence-electron chi connectivity index (χ3n) is 2.97. The number of nitrogens with two attached hydrogens (primary N) is 1. The van der Waals surface area contributed by atoms with E-state index in [0.717, 1.165) is 22.3 Å². The molecular formula is C15H21N3O3. The number of hydrogen-bond acceptors (Lipinski definition) is 6. The molecule has 0 bridgehead atoms. The molecule has 0 aliphatic carbocycles. The number of ether oxygens (including phenoxy) is 3. The number of hydrazine groups is 1. The summed E-state index contributed by atoms with van der Waals surface area (Å²) in [5.74, 6) is 6.97. The number of pyridine rings is 1. The van der Waals surface area contributed by atoms with Gasteiger partial charge in [0.25, 0.3) is 0 Å². The first-order chi connectivity index (χ1) is 10.2. The van der Waals surface area contributed by atoms with Gasteiger partial charge in [-0.2, -0.15) is 0 Å². The van der Waals surface area contributed by atoms with Crippen LogP contribution in [0.2, 0.25) is 0 Å². The molecule has 1 heterocycles. The first-order valence-electron chi connectivity index (χ1n) is 6.92. The maximum absolute atomic E-state index is 5.63. The first-order valence-corrected chi connectivity index (χ1v) is 6.92. The fourth-order valence-electron chi connectivity index (χ4n) is 2.17. The van der Waals surface area contributed by atoms with Crippen LogP contribution in [0.25, 0.3) is 10.9 Å². The number of nitrogen functional groups attached to an aromatic ring is 1. The Hall–Kier alpha value is -2.05. The molecule has 3 N–H and O–H groups in total. The second-order valence-corrected chi connectivity index (χ2v) is 4.42. The van der Waals surface area contributed by atoms with Crippen molar-refractivity contribution in [3.63, 3.8) is 0 Å². The summed E-state index contributed by atoms with van der Waals surface area (Å²) in [6.45, 7) is 5.41. The Morgan fingerprint density at radius 1 is 1.10 bits per heavy atom. The molecule has 2 aromatic rings. The van der Waals surface area contributed by atoms with Crippen molar-refractivity contribution in [2.75, 3.05) is 25.7 Å². The van der Waals surface area contributed by atoms with Gasteiger partial charge in [-0.15, -0.1) is 0 Å². The van der Waals surface area contributed by atoms with Crippen molar-refractivity contribution in [1.29, 1.82) is 0 Å². The predicted molar refractivity (Wildman–Crippen MR) is 82.6 cm³/mol. The molecule has 0 saturated heterocycles. The number of nitrogens with zero attached hydrogens (tertiary/aromatic N) is 1. The molecule has 114 valence electrons. The Morgan fingerprint density at radius 2 is 1.76 bits per heavy atom. The molecule has 2 rings (SSSR count).